The maximum absolute atomic E-state index is 11.8. The Kier molecular flexibility index (Phi) is 6.70. The summed E-state index contributed by atoms with van der Waals surface area (Å²) in [5.74, 6) is 1.82. The molecule has 0 spiro atoms. The van der Waals surface area contributed by atoms with Crippen molar-refractivity contribution in [3.63, 3.8) is 0 Å². The molecule has 0 fully saturated rings. The van der Waals surface area contributed by atoms with E-state index in [0.717, 1.165) is 28.4 Å². The molecule has 0 aliphatic rings. The highest BCUT2D eigenvalue weighted by Crippen LogP contribution is 2.28. The first-order valence-corrected chi connectivity index (χ1v) is 11.0. The number of ketones is 1. The summed E-state index contributed by atoms with van der Waals surface area (Å²) < 4.78 is 28.8. The summed E-state index contributed by atoms with van der Waals surface area (Å²) >= 11 is 0. The Hall–Kier alpha value is -2.96. The molecule has 155 valence electrons. The monoisotopic (exact) mass is 422 g/mol. The van der Waals surface area contributed by atoms with Crippen molar-refractivity contribution in [2.75, 3.05) is 7.11 Å². The van der Waals surface area contributed by atoms with Gasteiger partial charge in [-0.2, -0.15) is 0 Å². The zero-order chi connectivity index (χ0) is 21.7. The van der Waals surface area contributed by atoms with Crippen LogP contribution < -0.4 is 9.88 Å². The van der Waals surface area contributed by atoms with Gasteiger partial charge in [0.1, 0.15) is 5.75 Å². The number of benzene rings is 3. The van der Waals surface area contributed by atoms with Crippen LogP contribution in [0.3, 0.4) is 0 Å². The van der Waals surface area contributed by atoms with Crippen LogP contribution in [0.5, 0.6) is 5.75 Å². The van der Waals surface area contributed by atoms with Crippen molar-refractivity contribution in [3.8, 4) is 5.75 Å². The number of nitrogens with two attached hydrogens (primary N) is 1. The summed E-state index contributed by atoms with van der Waals surface area (Å²) in [5.41, 5.74) is 3.49. The van der Waals surface area contributed by atoms with Crippen molar-refractivity contribution in [2.45, 2.75) is 24.7 Å². The van der Waals surface area contributed by atoms with Crippen LogP contribution in [0.1, 0.15) is 34.0 Å². The summed E-state index contributed by atoms with van der Waals surface area (Å²) in [7, 11) is -2.16. The van der Waals surface area contributed by atoms with Crippen molar-refractivity contribution >= 4 is 15.8 Å². The van der Waals surface area contributed by atoms with Gasteiger partial charge in [0.15, 0.2) is 5.78 Å². The van der Waals surface area contributed by atoms with Gasteiger partial charge in [-0.3, -0.25) is 4.79 Å². The maximum Gasteiger partial charge on any atom is 0.238 e. The van der Waals surface area contributed by atoms with Crippen LogP contribution in [0.4, 0.5) is 0 Å². The van der Waals surface area contributed by atoms with Gasteiger partial charge < -0.3 is 4.74 Å². The molecule has 0 saturated carbocycles. The second-order valence-electron chi connectivity index (χ2n) is 7.14. The van der Waals surface area contributed by atoms with E-state index in [-0.39, 0.29) is 10.7 Å². The fraction of sp³-hybridized carbons (Fsp3) is 0.167. The van der Waals surface area contributed by atoms with E-state index in [1.807, 2.05) is 48.5 Å². The fourth-order valence-corrected chi connectivity index (χ4v) is 3.92. The minimum absolute atomic E-state index is 0.0145. The molecule has 0 aromatic heterocycles. The summed E-state index contributed by atoms with van der Waals surface area (Å²) in [6, 6.07) is 21.9. The summed E-state index contributed by atoms with van der Waals surface area (Å²) in [6.45, 7) is 1.55. The molecule has 3 aromatic carbocycles. The van der Waals surface area contributed by atoms with Gasteiger partial charge in [-0.25, -0.2) is 13.6 Å². The lowest BCUT2D eigenvalue weighted by molar-refractivity contribution is 0.101. The molecule has 3 rings (SSSR count). The van der Waals surface area contributed by atoms with Gasteiger partial charge in [0, 0.05) is 11.5 Å². The van der Waals surface area contributed by atoms with Crippen LogP contribution in [-0.2, 0) is 22.9 Å². The number of methoxy groups -OCH3 is 1. The van der Waals surface area contributed by atoms with Gasteiger partial charge in [0.05, 0.1) is 12.0 Å². The lowest BCUT2D eigenvalue weighted by atomic mass is 9.86. The Balaban J connectivity index is 1.98. The predicted octanol–water partition coefficient (Wildman–Crippen LogP) is 3.95. The zero-order valence-corrected chi connectivity index (χ0v) is 17.8. The molecule has 6 heteroatoms. The summed E-state index contributed by atoms with van der Waals surface area (Å²) in [5, 5.41) is 5.29. The molecule has 1 radical (unpaired) electrons. The number of primary sulfonamides is 1. The number of hydrogen-bond acceptors (Lipinski definition) is 4. The Morgan fingerprint density at radius 2 is 1.47 bits per heavy atom. The molecule has 30 heavy (non-hydrogen) atoms. The topological polar surface area (TPSA) is 86.5 Å². The second-order valence-corrected chi connectivity index (χ2v) is 8.70. The van der Waals surface area contributed by atoms with E-state index < -0.39 is 10.0 Å². The fourth-order valence-electron chi connectivity index (χ4n) is 3.34. The molecule has 0 amide bonds. The second kappa shape index (κ2) is 9.24. The van der Waals surface area contributed by atoms with Crippen LogP contribution in [0.15, 0.2) is 77.7 Å². The highest BCUT2D eigenvalue weighted by atomic mass is 32.2. The minimum atomic E-state index is -3.78. The molecule has 0 saturated heterocycles. The molecular weight excluding hydrogens is 398 g/mol. The molecule has 2 N–H and O–H groups in total. The maximum atomic E-state index is 11.8. The zero-order valence-electron chi connectivity index (χ0n) is 17.0. The van der Waals surface area contributed by atoms with Crippen molar-refractivity contribution in [1.29, 1.82) is 0 Å². The highest BCUT2D eigenvalue weighted by molar-refractivity contribution is 7.89. The molecular formula is C24H24NO4S. The first kappa shape index (κ1) is 21.7. The van der Waals surface area contributed by atoms with E-state index in [2.05, 4.69) is 0 Å². The molecule has 0 atom stereocenters. The molecule has 0 unspecified atom stereocenters. The number of carbonyl (C=O) groups is 1. The lowest BCUT2D eigenvalue weighted by Crippen LogP contribution is -2.13. The molecule has 0 bridgehead atoms. The predicted molar refractivity (Wildman–Crippen MR) is 117 cm³/mol. The van der Waals surface area contributed by atoms with E-state index in [4.69, 9.17) is 9.88 Å². The van der Waals surface area contributed by atoms with E-state index >= 15 is 0 Å². The summed E-state index contributed by atoms with van der Waals surface area (Å²) in [6.07, 6.45) is 1.13. The van der Waals surface area contributed by atoms with Crippen LogP contribution in [0, 0.1) is 5.92 Å². The third-order valence-corrected chi connectivity index (χ3v) is 5.78. The smallest absolute Gasteiger partial charge is 0.238 e. The van der Waals surface area contributed by atoms with Gasteiger partial charge >= 0.3 is 0 Å². The standard InChI is InChI=1S/C24H24NO4S/c1-17(26)20-8-3-6-18(12-20)13-22(21-9-5-10-23(16-21)29-2)14-19-7-4-11-24(15-19)30(25,27)28/h3-12,15-16H,13-14H2,1-2H3,(H2,25,27,28). The summed E-state index contributed by atoms with van der Waals surface area (Å²) in [4.78, 5) is 11.9. The largest absolute Gasteiger partial charge is 0.497 e. The van der Waals surface area contributed by atoms with Crippen molar-refractivity contribution in [2.24, 2.45) is 5.14 Å². The Labute approximate surface area is 177 Å². The Morgan fingerprint density at radius 1 is 0.867 bits per heavy atom. The van der Waals surface area contributed by atoms with Gasteiger partial charge in [-0.15, -0.1) is 0 Å². The SMILES string of the molecule is COc1cccc([C](Cc2cccc(C(C)=O)c2)Cc2cccc(S(N)(=O)=O)c2)c1. The number of carbonyl (C=O) groups excluding carboxylic acids is 1. The van der Waals surface area contributed by atoms with Crippen molar-refractivity contribution < 1.29 is 17.9 Å². The van der Waals surface area contributed by atoms with Crippen LogP contribution in [0.2, 0.25) is 0 Å². The number of hydrogen-bond donors (Lipinski definition) is 1. The average Bonchev–Trinajstić information content (AvgIpc) is 2.73. The van der Waals surface area contributed by atoms with E-state index in [9.17, 15) is 13.2 Å². The molecule has 0 heterocycles. The highest BCUT2D eigenvalue weighted by Gasteiger charge is 2.17. The van der Waals surface area contributed by atoms with Crippen LogP contribution >= 0.6 is 0 Å². The normalized spacial score (nSPS) is 11.5. The van der Waals surface area contributed by atoms with Crippen molar-refractivity contribution in [1.82, 2.24) is 0 Å². The van der Waals surface area contributed by atoms with Gasteiger partial charge in [-0.05, 0) is 66.8 Å². The Bertz CT molecular complexity index is 1160. The first-order chi connectivity index (χ1) is 14.3. The van der Waals surface area contributed by atoms with Gasteiger partial charge in [0.2, 0.25) is 10.0 Å². The molecule has 5 nitrogen and oxygen atoms in total. The third-order valence-electron chi connectivity index (χ3n) is 4.87. The Morgan fingerprint density at radius 3 is 2.10 bits per heavy atom. The van der Waals surface area contributed by atoms with Gasteiger partial charge in [-0.1, -0.05) is 42.5 Å². The quantitative estimate of drug-likeness (QED) is 0.557. The molecule has 0 aliphatic carbocycles. The first-order valence-electron chi connectivity index (χ1n) is 9.47. The molecule has 0 aliphatic heterocycles. The number of Topliss-reactive ketones (excluding diaryl/α,β-unsaturated/α-hetero) is 1. The third kappa shape index (κ3) is 5.55. The van der Waals surface area contributed by atoms with E-state index in [1.54, 1.807) is 32.2 Å². The number of rotatable bonds is 8. The van der Waals surface area contributed by atoms with Crippen LogP contribution in [0.25, 0.3) is 0 Å². The molecule has 3 aromatic rings. The van der Waals surface area contributed by atoms with E-state index in [0.29, 0.717) is 18.4 Å². The number of sulfonamides is 1. The average molecular weight is 423 g/mol. The minimum Gasteiger partial charge on any atom is -0.497 e. The van der Waals surface area contributed by atoms with Crippen LogP contribution in [-0.4, -0.2) is 21.3 Å². The number of ether oxygens (including phenoxy) is 1. The van der Waals surface area contributed by atoms with Crippen molar-refractivity contribution in [3.05, 3.63) is 101 Å². The van der Waals surface area contributed by atoms with Gasteiger partial charge in [0.25, 0.3) is 0 Å². The lowest BCUT2D eigenvalue weighted by Gasteiger charge is -2.19. The van der Waals surface area contributed by atoms with E-state index in [1.165, 1.54) is 6.07 Å².